The van der Waals surface area contributed by atoms with Crippen LogP contribution in [0.25, 0.3) is 0 Å². The molecule has 0 aliphatic carbocycles. The molecule has 0 aliphatic heterocycles. The fourth-order valence-corrected chi connectivity index (χ4v) is 1.82. The number of rotatable bonds is 6. The molecule has 0 radical (unpaired) electrons. The first-order valence-corrected chi connectivity index (χ1v) is 6.81. The van der Waals surface area contributed by atoms with Gasteiger partial charge in [0.2, 0.25) is 15.9 Å². The number of amides is 1. The van der Waals surface area contributed by atoms with Crippen molar-refractivity contribution in [3.63, 3.8) is 0 Å². The average Bonchev–Trinajstić information content (AvgIpc) is 2.43. The molecule has 1 aromatic heterocycles. The molecule has 19 heavy (non-hydrogen) atoms. The van der Waals surface area contributed by atoms with Gasteiger partial charge in [-0.3, -0.25) is 4.79 Å². The second kappa shape index (κ2) is 6.72. The summed E-state index contributed by atoms with van der Waals surface area (Å²) in [6.45, 7) is 0.167. The number of hydrogen-bond donors (Lipinski definition) is 3. The summed E-state index contributed by atoms with van der Waals surface area (Å²) >= 11 is 0. The Morgan fingerprint density at radius 2 is 2.21 bits per heavy atom. The van der Waals surface area contributed by atoms with Crippen molar-refractivity contribution in [1.82, 2.24) is 15.0 Å². The van der Waals surface area contributed by atoms with E-state index in [1.165, 1.54) is 25.4 Å². The van der Waals surface area contributed by atoms with E-state index in [1.807, 2.05) is 0 Å². The lowest BCUT2D eigenvalue weighted by molar-refractivity contribution is -0.119. The third-order valence-corrected chi connectivity index (χ3v) is 3.53. The number of pyridine rings is 1. The van der Waals surface area contributed by atoms with Crippen LogP contribution in [0, 0.1) is 12.3 Å². The Morgan fingerprint density at radius 1 is 1.47 bits per heavy atom. The van der Waals surface area contributed by atoms with E-state index in [4.69, 9.17) is 6.42 Å². The van der Waals surface area contributed by atoms with E-state index in [0.29, 0.717) is 5.82 Å². The van der Waals surface area contributed by atoms with Gasteiger partial charge < -0.3 is 10.6 Å². The predicted molar refractivity (Wildman–Crippen MR) is 70.8 cm³/mol. The zero-order chi connectivity index (χ0) is 14.3. The molecule has 1 aromatic rings. The molecule has 1 rings (SSSR count). The van der Waals surface area contributed by atoms with Crippen molar-refractivity contribution in [2.45, 2.75) is 4.90 Å². The smallest absolute Gasteiger partial charge is 0.241 e. The van der Waals surface area contributed by atoms with Gasteiger partial charge >= 0.3 is 0 Å². The van der Waals surface area contributed by atoms with Crippen molar-refractivity contribution >= 4 is 21.7 Å². The van der Waals surface area contributed by atoms with Gasteiger partial charge in [-0.05, 0) is 19.2 Å². The second-order valence-electron chi connectivity index (χ2n) is 3.42. The van der Waals surface area contributed by atoms with E-state index >= 15 is 0 Å². The lowest BCUT2D eigenvalue weighted by Gasteiger charge is -2.06. The van der Waals surface area contributed by atoms with Crippen molar-refractivity contribution in [3.8, 4) is 12.3 Å². The molecule has 1 amide bonds. The molecule has 0 fully saturated rings. The highest BCUT2D eigenvalue weighted by Crippen LogP contribution is 2.09. The maximum absolute atomic E-state index is 11.4. The van der Waals surface area contributed by atoms with Crippen molar-refractivity contribution in [3.05, 3.63) is 18.3 Å². The van der Waals surface area contributed by atoms with Crippen LogP contribution in [0.1, 0.15) is 0 Å². The summed E-state index contributed by atoms with van der Waals surface area (Å²) in [6.07, 6.45) is 6.20. The van der Waals surface area contributed by atoms with Gasteiger partial charge in [-0.2, -0.15) is 0 Å². The van der Waals surface area contributed by atoms with Gasteiger partial charge in [0.15, 0.2) is 0 Å². The lowest BCUT2D eigenvalue weighted by atomic mass is 10.4. The Kier molecular flexibility index (Phi) is 5.29. The first kappa shape index (κ1) is 14.9. The normalized spacial score (nSPS) is 10.5. The third kappa shape index (κ3) is 4.57. The fourth-order valence-electron chi connectivity index (χ4n) is 1.14. The molecule has 8 heteroatoms. The molecule has 0 saturated carbocycles. The van der Waals surface area contributed by atoms with Gasteiger partial charge in [0, 0.05) is 6.20 Å². The van der Waals surface area contributed by atoms with Gasteiger partial charge in [0.25, 0.3) is 0 Å². The summed E-state index contributed by atoms with van der Waals surface area (Å²) in [5.41, 5.74) is 0. The molecule has 0 aliphatic rings. The summed E-state index contributed by atoms with van der Waals surface area (Å²) < 4.78 is 25.1. The molecule has 7 nitrogen and oxygen atoms in total. The minimum atomic E-state index is -3.50. The Morgan fingerprint density at radius 3 is 2.74 bits per heavy atom. The van der Waals surface area contributed by atoms with E-state index in [-0.39, 0.29) is 23.9 Å². The molecule has 102 valence electrons. The van der Waals surface area contributed by atoms with E-state index in [0.717, 1.165) is 0 Å². The van der Waals surface area contributed by atoms with Gasteiger partial charge in [-0.1, -0.05) is 5.92 Å². The number of terminal acetylenes is 1. The predicted octanol–water partition coefficient (Wildman–Crippen LogP) is -0.849. The standard InChI is InChI=1S/C11H14N4O3S/c1-3-6-13-11(16)8-15-10-5-4-9(7-14-10)19(17,18)12-2/h1,4-5,7,12H,6,8H2,2H3,(H,13,16)(H,14,15). The molecular weight excluding hydrogens is 268 g/mol. The highest BCUT2D eigenvalue weighted by molar-refractivity contribution is 7.89. The van der Waals surface area contributed by atoms with Crippen molar-refractivity contribution in [2.24, 2.45) is 0 Å². The Balaban J connectivity index is 2.59. The zero-order valence-corrected chi connectivity index (χ0v) is 11.1. The summed E-state index contributed by atoms with van der Waals surface area (Å²) in [6, 6.07) is 2.86. The van der Waals surface area contributed by atoms with Crippen molar-refractivity contribution in [1.29, 1.82) is 0 Å². The molecule has 3 N–H and O–H groups in total. The Hall–Kier alpha value is -2.11. The summed E-state index contributed by atoms with van der Waals surface area (Å²) in [5, 5.41) is 5.22. The number of sulfonamides is 1. The van der Waals surface area contributed by atoms with Crippen LogP contribution in [0.3, 0.4) is 0 Å². The van der Waals surface area contributed by atoms with Gasteiger partial charge in [0.1, 0.15) is 10.7 Å². The van der Waals surface area contributed by atoms with E-state index in [1.54, 1.807) is 0 Å². The largest absolute Gasteiger partial charge is 0.361 e. The zero-order valence-electron chi connectivity index (χ0n) is 10.3. The molecule has 0 atom stereocenters. The van der Waals surface area contributed by atoms with E-state index in [9.17, 15) is 13.2 Å². The highest BCUT2D eigenvalue weighted by Gasteiger charge is 2.11. The van der Waals surface area contributed by atoms with Crippen molar-refractivity contribution < 1.29 is 13.2 Å². The quantitative estimate of drug-likeness (QED) is 0.590. The minimum absolute atomic E-state index is 0.00675. The van der Waals surface area contributed by atoms with Crippen LogP contribution in [-0.2, 0) is 14.8 Å². The molecule has 0 spiro atoms. The lowest BCUT2D eigenvalue weighted by Crippen LogP contribution is -2.30. The van der Waals surface area contributed by atoms with E-state index in [2.05, 4.69) is 26.3 Å². The molecule has 0 bridgehead atoms. The SMILES string of the molecule is C#CCNC(=O)CNc1ccc(S(=O)(=O)NC)cn1. The number of carbonyl (C=O) groups excluding carboxylic acids is 1. The third-order valence-electron chi connectivity index (χ3n) is 2.13. The van der Waals surface area contributed by atoms with Crippen LogP contribution in [0.15, 0.2) is 23.2 Å². The average molecular weight is 282 g/mol. The summed E-state index contributed by atoms with van der Waals surface area (Å²) in [4.78, 5) is 15.2. The van der Waals surface area contributed by atoms with Crippen LogP contribution < -0.4 is 15.4 Å². The first-order chi connectivity index (χ1) is 8.99. The minimum Gasteiger partial charge on any atom is -0.361 e. The monoisotopic (exact) mass is 282 g/mol. The van der Waals surface area contributed by atoms with Gasteiger partial charge in [0.05, 0.1) is 13.1 Å². The maximum Gasteiger partial charge on any atom is 0.241 e. The summed E-state index contributed by atoms with van der Waals surface area (Å²) in [7, 11) is -2.18. The fraction of sp³-hybridized carbons (Fsp3) is 0.273. The number of aromatic nitrogens is 1. The summed E-state index contributed by atoms with van der Waals surface area (Å²) in [5.74, 6) is 2.40. The molecule has 0 aromatic carbocycles. The molecule has 0 unspecified atom stereocenters. The highest BCUT2D eigenvalue weighted by atomic mass is 32.2. The van der Waals surface area contributed by atoms with Crippen LogP contribution in [0.5, 0.6) is 0 Å². The number of nitrogens with one attached hydrogen (secondary N) is 3. The van der Waals surface area contributed by atoms with Crippen molar-refractivity contribution in [2.75, 3.05) is 25.5 Å². The first-order valence-electron chi connectivity index (χ1n) is 5.33. The Bertz CT molecular complexity index is 575. The Labute approximate surface area is 111 Å². The van der Waals surface area contributed by atoms with Crippen LogP contribution in [-0.4, -0.2) is 39.4 Å². The maximum atomic E-state index is 11.4. The van der Waals surface area contributed by atoms with E-state index < -0.39 is 10.0 Å². The van der Waals surface area contributed by atoms with Gasteiger partial charge in [-0.15, -0.1) is 6.42 Å². The van der Waals surface area contributed by atoms with Crippen LogP contribution in [0.2, 0.25) is 0 Å². The van der Waals surface area contributed by atoms with Crippen LogP contribution >= 0.6 is 0 Å². The second-order valence-corrected chi connectivity index (χ2v) is 5.31. The molecule has 0 saturated heterocycles. The van der Waals surface area contributed by atoms with Gasteiger partial charge in [-0.25, -0.2) is 18.1 Å². The number of carbonyl (C=O) groups is 1. The van der Waals surface area contributed by atoms with Crippen LogP contribution in [0.4, 0.5) is 5.82 Å². The number of anilines is 1. The number of hydrogen-bond acceptors (Lipinski definition) is 5. The topological polar surface area (TPSA) is 100 Å². The number of nitrogens with zero attached hydrogens (tertiary/aromatic N) is 1. The molecule has 1 heterocycles. The molecular formula is C11H14N4O3S.